The van der Waals surface area contributed by atoms with E-state index in [1.54, 1.807) is 19.1 Å². The summed E-state index contributed by atoms with van der Waals surface area (Å²) in [5, 5.41) is 13.0. The van der Waals surface area contributed by atoms with E-state index in [2.05, 4.69) is 10.0 Å². The molecule has 3 N–H and O–H groups in total. The summed E-state index contributed by atoms with van der Waals surface area (Å²) in [6, 6.07) is 7.38. The summed E-state index contributed by atoms with van der Waals surface area (Å²) in [6.07, 6.45) is 1.43. The van der Waals surface area contributed by atoms with E-state index in [4.69, 9.17) is 0 Å². The van der Waals surface area contributed by atoms with Crippen molar-refractivity contribution in [3.8, 4) is 0 Å². The smallest absolute Gasteiger partial charge is 0.232 e. The van der Waals surface area contributed by atoms with Gasteiger partial charge in [-0.15, -0.1) is 0 Å². The molecule has 2 unspecified atom stereocenters. The normalized spacial score (nSPS) is 14.7. The van der Waals surface area contributed by atoms with E-state index >= 15 is 0 Å². The van der Waals surface area contributed by atoms with Gasteiger partial charge < -0.3 is 10.4 Å². The molecule has 0 radical (unpaired) electrons. The number of rotatable bonds is 9. The van der Waals surface area contributed by atoms with Crippen LogP contribution < -0.4 is 10.0 Å². The minimum absolute atomic E-state index is 0.0576. The lowest BCUT2D eigenvalue weighted by atomic mass is 10.1. The number of anilines is 1. The van der Waals surface area contributed by atoms with E-state index in [0.717, 1.165) is 18.4 Å². The van der Waals surface area contributed by atoms with Crippen molar-refractivity contribution in [3.63, 3.8) is 0 Å². The van der Waals surface area contributed by atoms with Crippen molar-refractivity contribution in [2.75, 3.05) is 17.0 Å². The maximum atomic E-state index is 11.5. The lowest BCUT2D eigenvalue weighted by Gasteiger charge is -2.17. The van der Waals surface area contributed by atoms with Crippen molar-refractivity contribution in [2.24, 2.45) is 0 Å². The van der Waals surface area contributed by atoms with Gasteiger partial charge in [0.15, 0.2) is 0 Å². The van der Waals surface area contributed by atoms with Gasteiger partial charge >= 0.3 is 0 Å². The van der Waals surface area contributed by atoms with Crippen molar-refractivity contribution in [1.82, 2.24) is 5.32 Å². The number of nitrogens with one attached hydrogen (secondary N) is 2. The van der Waals surface area contributed by atoms with Gasteiger partial charge in [0.1, 0.15) is 0 Å². The fourth-order valence-electron chi connectivity index (χ4n) is 1.96. The number of aliphatic hydroxyl groups excluding tert-OH is 1. The van der Waals surface area contributed by atoms with E-state index < -0.39 is 10.0 Å². The van der Waals surface area contributed by atoms with Crippen LogP contribution >= 0.6 is 0 Å². The molecule has 0 aromatic heterocycles. The summed E-state index contributed by atoms with van der Waals surface area (Å²) in [6.45, 7) is 6.22. The summed E-state index contributed by atoms with van der Waals surface area (Å²) >= 11 is 0. The lowest BCUT2D eigenvalue weighted by molar-refractivity contribution is 0.157. The predicted molar refractivity (Wildman–Crippen MR) is 86.9 cm³/mol. The van der Waals surface area contributed by atoms with Crippen molar-refractivity contribution >= 4 is 15.7 Å². The molecule has 2 atom stereocenters. The molecule has 1 aromatic rings. The SMILES string of the molecule is CCCC(O)CNC(C)c1ccc(NS(=O)(=O)CC)cc1. The van der Waals surface area contributed by atoms with E-state index in [1.807, 2.05) is 26.0 Å². The molecule has 0 spiro atoms. The number of aliphatic hydroxyl groups is 1. The first-order valence-electron chi connectivity index (χ1n) is 7.39. The van der Waals surface area contributed by atoms with Crippen molar-refractivity contribution in [1.29, 1.82) is 0 Å². The van der Waals surface area contributed by atoms with Gasteiger partial charge in [-0.05, 0) is 38.0 Å². The van der Waals surface area contributed by atoms with Crippen LogP contribution in [0.3, 0.4) is 0 Å². The Labute approximate surface area is 127 Å². The maximum Gasteiger partial charge on any atom is 0.232 e. The third-order valence-corrected chi connectivity index (χ3v) is 4.65. The highest BCUT2D eigenvalue weighted by atomic mass is 32.2. The van der Waals surface area contributed by atoms with E-state index in [1.165, 1.54) is 0 Å². The average molecular weight is 314 g/mol. The molecule has 6 heteroatoms. The zero-order chi connectivity index (χ0) is 15.9. The van der Waals surface area contributed by atoms with Gasteiger partial charge in [0.25, 0.3) is 0 Å². The molecule has 0 aliphatic carbocycles. The highest BCUT2D eigenvalue weighted by Crippen LogP contribution is 2.17. The van der Waals surface area contributed by atoms with Gasteiger partial charge in [0.05, 0.1) is 11.9 Å². The van der Waals surface area contributed by atoms with E-state index in [0.29, 0.717) is 12.2 Å². The Bertz CT molecular complexity index is 514. The Kier molecular flexibility index (Phi) is 7.14. The highest BCUT2D eigenvalue weighted by molar-refractivity contribution is 7.92. The van der Waals surface area contributed by atoms with Gasteiger partial charge in [-0.3, -0.25) is 4.72 Å². The lowest BCUT2D eigenvalue weighted by Crippen LogP contribution is -2.28. The minimum Gasteiger partial charge on any atom is -0.392 e. The Balaban J connectivity index is 2.57. The number of hydrogen-bond donors (Lipinski definition) is 3. The minimum atomic E-state index is -3.23. The topological polar surface area (TPSA) is 78.4 Å². The molecule has 0 fully saturated rings. The molecule has 0 saturated heterocycles. The second-order valence-corrected chi connectivity index (χ2v) is 7.21. The fraction of sp³-hybridized carbons (Fsp3) is 0.600. The van der Waals surface area contributed by atoms with Crippen LogP contribution in [0.2, 0.25) is 0 Å². The molecule has 1 rings (SSSR count). The zero-order valence-electron chi connectivity index (χ0n) is 13.0. The van der Waals surface area contributed by atoms with Crippen molar-refractivity contribution in [2.45, 2.75) is 45.8 Å². The van der Waals surface area contributed by atoms with Crippen LogP contribution in [0.4, 0.5) is 5.69 Å². The molecule has 21 heavy (non-hydrogen) atoms. The van der Waals surface area contributed by atoms with Gasteiger partial charge in [-0.1, -0.05) is 25.5 Å². The summed E-state index contributed by atoms with van der Waals surface area (Å²) in [7, 11) is -3.23. The Morgan fingerprint density at radius 2 is 1.81 bits per heavy atom. The van der Waals surface area contributed by atoms with Gasteiger partial charge in [-0.2, -0.15) is 0 Å². The van der Waals surface area contributed by atoms with Gasteiger partial charge in [0.2, 0.25) is 10.0 Å². The van der Waals surface area contributed by atoms with Crippen LogP contribution in [-0.2, 0) is 10.0 Å². The van der Waals surface area contributed by atoms with Crippen LogP contribution in [0.5, 0.6) is 0 Å². The number of sulfonamides is 1. The molecule has 5 nitrogen and oxygen atoms in total. The molecule has 120 valence electrons. The number of hydrogen-bond acceptors (Lipinski definition) is 4. The summed E-state index contributed by atoms with van der Waals surface area (Å²) in [4.78, 5) is 0. The monoisotopic (exact) mass is 314 g/mol. The van der Waals surface area contributed by atoms with Crippen molar-refractivity contribution in [3.05, 3.63) is 29.8 Å². The molecular formula is C15H26N2O3S. The average Bonchev–Trinajstić information content (AvgIpc) is 2.45. The maximum absolute atomic E-state index is 11.5. The first-order chi connectivity index (χ1) is 9.88. The quantitative estimate of drug-likeness (QED) is 0.653. The second kappa shape index (κ2) is 8.36. The number of benzene rings is 1. The highest BCUT2D eigenvalue weighted by Gasteiger charge is 2.10. The Morgan fingerprint density at radius 3 is 2.33 bits per heavy atom. The molecular weight excluding hydrogens is 288 g/mol. The first kappa shape index (κ1) is 17.9. The van der Waals surface area contributed by atoms with Crippen LogP contribution in [0.1, 0.15) is 45.2 Å². The third kappa shape index (κ3) is 6.46. The predicted octanol–water partition coefficient (Wildman–Crippen LogP) is 2.26. The Hall–Kier alpha value is -1.11. The molecule has 0 aliphatic heterocycles. The summed E-state index contributed by atoms with van der Waals surface area (Å²) in [5.74, 6) is 0.0576. The standard InChI is InChI=1S/C15H26N2O3S/c1-4-6-15(18)11-16-12(3)13-7-9-14(10-8-13)17-21(19,20)5-2/h7-10,12,15-18H,4-6,11H2,1-3H3. The van der Waals surface area contributed by atoms with Crippen LogP contribution in [0, 0.1) is 0 Å². The second-order valence-electron chi connectivity index (χ2n) is 5.20. The third-order valence-electron chi connectivity index (χ3n) is 3.35. The molecule has 0 heterocycles. The van der Waals surface area contributed by atoms with Gasteiger partial charge in [-0.25, -0.2) is 8.42 Å². The molecule has 0 aliphatic rings. The Morgan fingerprint density at radius 1 is 1.19 bits per heavy atom. The van der Waals surface area contributed by atoms with E-state index in [-0.39, 0.29) is 17.9 Å². The van der Waals surface area contributed by atoms with Crippen molar-refractivity contribution < 1.29 is 13.5 Å². The molecule has 0 bridgehead atoms. The first-order valence-corrected chi connectivity index (χ1v) is 9.05. The van der Waals surface area contributed by atoms with E-state index in [9.17, 15) is 13.5 Å². The van der Waals surface area contributed by atoms with Gasteiger partial charge in [0, 0.05) is 18.3 Å². The van der Waals surface area contributed by atoms with Crippen LogP contribution in [0.15, 0.2) is 24.3 Å². The molecule has 1 aromatic carbocycles. The van der Waals surface area contributed by atoms with Crippen LogP contribution in [0.25, 0.3) is 0 Å². The largest absolute Gasteiger partial charge is 0.392 e. The zero-order valence-corrected chi connectivity index (χ0v) is 13.8. The van der Waals surface area contributed by atoms with Crippen LogP contribution in [-0.4, -0.2) is 31.9 Å². The fourth-order valence-corrected chi connectivity index (χ4v) is 2.60. The summed E-state index contributed by atoms with van der Waals surface area (Å²) < 4.78 is 25.5. The molecule has 0 amide bonds. The summed E-state index contributed by atoms with van der Waals surface area (Å²) in [5.41, 5.74) is 1.62. The molecule has 0 saturated carbocycles.